The number of rotatable bonds is 4. The monoisotopic (exact) mass is 348 g/mol. The minimum Gasteiger partial charge on any atom is -0.497 e. The molecule has 0 aliphatic carbocycles. The number of aryl methyl sites for hydroxylation is 1. The average Bonchev–Trinajstić information content (AvgIpc) is 2.68. The molecule has 0 spiro atoms. The summed E-state index contributed by atoms with van der Waals surface area (Å²) in [6.45, 7) is 2.01. The number of nitrogens with two attached hydrogens (primary N) is 1. The lowest BCUT2D eigenvalue weighted by Gasteiger charge is -2.13. The number of hydrogen-bond acceptors (Lipinski definition) is 5. The molecule has 0 atom stereocenters. The maximum absolute atomic E-state index is 12.2. The highest BCUT2D eigenvalue weighted by molar-refractivity contribution is 5.99. The number of ether oxygens (including phenoxy) is 2. The van der Waals surface area contributed by atoms with E-state index in [2.05, 4.69) is 0 Å². The molecule has 132 valence electrons. The van der Waals surface area contributed by atoms with Gasteiger partial charge in [0.1, 0.15) is 5.75 Å². The fourth-order valence-electron chi connectivity index (χ4n) is 2.67. The second-order valence-electron chi connectivity index (χ2n) is 5.90. The number of nitrogen functional groups attached to an aromatic ring is 1. The first-order valence-electron chi connectivity index (χ1n) is 8.13. The lowest BCUT2D eigenvalue weighted by molar-refractivity contribution is 0.0602. The molecule has 0 saturated heterocycles. The van der Waals surface area contributed by atoms with Crippen molar-refractivity contribution in [2.75, 3.05) is 20.0 Å². The molecule has 0 saturated carbocycles. The summed E-state index contributed by atoms with van der Waals surface area (Å²) in [6, 6.07) is 16.9. The van der Waals surface area contributed by atoms with Gasteiger partial charge in [0.15, 0.2) is 0 Å². The minimum atomic E-state index is -0.493. The van der Waals surface area contributed by atoms with E-state index in [1.54, 1.807) is 13.2 Å². The molecule has 0 aliphatic rings. The van der Waals surface area contributed by atoms with Crippen LogP contribution in [0.4, 0.5) is 5.69 Å². The van der Waals surface area contributed by atoms with Crippen molar-refractivity contribution in [3.05, 3.63) is 65.7 Å². The molecule has 2 aromatic carbocycles. The lowest BCUT2D eigenvalue weighted by Crippen LogP contribution is -2.09. The maximum atomic E-state index is 12.2. The molecule has 3 aromatic rings. The summed E-state index contributed by atoms with van der Waals surface area (Å²) < 4.78 is 10.1. The van der Waals surface area contributed by atoms with E-state index < -0.39 is 5.97 Å². The number of esters is 1. The Morgan fingerprint density at radius 3 is 2.15 bits per heavy atom. The van der Waals surface area contributed by atoms with E-state index in [0.29, 0.717) is 22.6 Å². The zero-order valence-corrected chi connectivity index (χ0v) is 14.9. The first-order chi connectivity index (χ1) is 12.5. The Balaban J connectivity index is 2.19. The summed E-state index contributed by atoms with van der Waals surface area (Å²) in [5, 5.41) is 0. The molecule has 5 nitrogen and oxygen atoms in total. The molecule has 5 heteroatoms. The smallest absolute Gasteiger partial charge is 0.340 e. The summed E-state index contributed by atoms with van der Waals surface area (Å²) in [7, 11) is 2.95. The number of hydrogen-bond donors (Lipinski definition) is 1. The molecular weight excluding hydrogens is 328 g/mol. The van der Waals surface area contributed by atoms with E-state index in [0.717, 1.165) is 22.4 Å². The molecule has 3 rings (SSSR count). The van der Waals surface area contributed by atoms with Gasteiger partial charge in [-0.1, -0.05) is 29.8 Å². The predicted molar refractivity (Wildman–Crippen MR) is 102 cm³/mol. The van der Waals surface area contributed by atoms with Crippen LogP contribution in [0.5, 0.6) is 5.75 Å². The largest absolute Gasteiger partial charge is 0.497 e. The number of nitrogens with zero attached hydrogens (tertiary/aromatic N) is 1. The highest BCUT2D eigenvalue weighted by atomic mass is 16.5. The van der Waals surface area contributed by atoms with Crippen molar-refractivity contribution >= 4 is 11.7 Å². The van der Waals surface area contributed by atoms with E-state index >= 15 is 0 Å². The van der Waals surface area contributed by atoms with Gasteiger partial charge < -0.3 is 15.2 Å². The quantitative estimate of drug-likeness (QED) is 0.719. The Bertz CT molecular complexity index is 933. The third-order valence-electron chi connectivity index (χ3n) is 4.17. The SMILES string of the molecule is COC(=O)c1cc(-c2ccc(OC)cc2)nc(-c2ccc(C)cc2)c1N. The first kappa shape index (κ1) is 17.5. The zero-order valence-electron chi connectivity index (χ0n) is 14.9. The van der Waals surface area contributed by atoms with Gasteiger partial charge in [0.05, 0.1) is 36.9 Å². The Kier molecular flexibility index (Phi) is 4.89. The van der Waals surface area contributed by atoms with E-state index in [1.165, 1.54) is 7.11 Å². The molecule has 0 unspecified atom stereocenters. The predicted octanol–water partition coefficient (Wildman–Crippen LogP) is 4.10. The van der Waals surface area contributed by atoms with E-state index in [-0.39, 0.29) is 0 Å². The Labute approximate surface area is 152 Å². The van der Waals surface area contributed by atoms with Crippen LogP contribution < -0.4 is 10.5 Å². The first-order valence-corrected chi connectivity index (χ1v) is 8.13. The Hall–Kier alpha value is -3.34. The van der Waals surface area contributed by atoms with Gasteiger partial charge >= 0.3 is 5.97 Å². The molecule has 26 heavy (non-hydrogen) atoms. The highest BCUT2D eigenvalue weighted by Gasteiger charge is 2.18. The summed E-state index contributed by atoms with van der Waals surface area (Å²) >= 11 is 0. The second kappa shape index (κ2) is 7.27. The van der Waals surface area contributed by atoms with E-state index in [4.69, 9.17) is 20.2 Å². The number of benzene rings is 2. The van der Waals surface area contributed by atoms with Gasteiger partial charge in [0.25, 0.3) is 0 Å². The Morgan fingerprint density at radius 2 is 1.58 bits per heavy atom. The van der Waals surface area contributed by atoms with Crippen molar-refractivity contribution in [1.29, 1.82) is 0 Å². The number of carbonyl (C=O) groups is 1. The van der Waals surface area contributed by atoms with Crippen molar-refractivity contribution in [3.63, 3.8) is 0 Å². The molecule has 0 bridgehead atoms. The number of methoxy groups -OCH3 is 2. The fourth-order valence-corrected chi connectivity index (χ4v) is 2.67. The van der Waals surface area contributed by atoms with E-state index in [1.807, 2.05) is 55.5 Å². The standard InChI is InChI=1S/C21H20N2O3/c1-13-4-6-15(7-5-13)20-19(22)17(21(24)26-3)12-18(23-20)14-8-10-16(25-2)11-9-14/h4-12H,22H2,1-3H3. The molecule has 1 heterocycles. The van der Waals surface area contributed by atoms with Crippen LogP contribution >= 0.6 is 0 Å². The molecular formula is C21H20N2O3. The Morgan fingerprint density at radius 1 is 0.962 bits per heavy atom. The normalized spacial score (nSPS) is 10.4. The number of pyridine rings is 1. The molecule has 2 N–H and O–H groups in total. The van der Waals surface area contributed by atoms with Gasteiger partial charge in [-0.05, 0) is 37.3 Å². The van der Waals surface area contributed by atoms with Crippen LogP contribution in [0.2, 0.25) is 0 Å². The topological polar surface area (TPSA) is 74.4 Å². The second-order valence-corrected chi connectivity index (χ2v) is 5.90. The average molecular weight is 348 g/mol. The number of anilines is 1. The molecule has 0 amide bonds. The van der Waals surface area contributed by atoms with Gasteiger partial charge in [0, 0.05) is 11.1 Å². The van der Waals surface area contributed by atoms with Crippen LogP contribution in [0.1, 0.15) is 15.9 Å². The van der Waals surface area contributed by atoms with Crippen LogP contribution in [0.3, 0.4) is 0 Å². The number of carbonyl (C=O) groups excluding carboxylic acids is 1. The lowest BCUT2D eigenvalue weighted by atomic mass is 10.0. The van der Waals surface area contributed by atoms with Crippen molar-refractivity contribution in [1.82, 2.24) is 4.98 Å². The van der Waals surface area contributed by atoms with Crippen LogP contribution in [0, 0.1) is 6.92 Å². The summed E-state index contributed by atoms with van der Waals surface area (Å²) in [5.74, 6) is 0.254. The zero-order chi connectivity index (χ0) is 18.7. The summed E-state index contributed by atoms with van der Waals surface area (Å²) in [4.78, 5) is 16.9. The third kappa shape index (κ3) is 3.37. The van der Waals surface area contributed by atoms with Crippen LogP contribution in [0.15, 0.2) is 54.6 Å². The highest BCUT2D eigenvalue weighted by Crippen LogP contribution is 2.32. The van der Waals surface area contributed by atoms with Gasteiger partial charge in [-0.25, -0.2) is 9.78 Å². The molecule has 0 aliphatic heterocycles. The van der Waals surface area contributed by atoms with Crippen LogP contribution in [0.25, 0.3) is 22.5 Å². The van der Waals surface area contributed by atoms with Crippen molar-refractivity contribution < 1.29 is 14.3 Å². The molecule has 1 aromatic heterocycles. The third-order valence-corrected chi connectivity index (χ3v) is 4.17. The van der Waals surface area contributed by atoms with E-state index in [9.17, 15) is 4.79 Å². The van der Waals surface area contributed by atoms with Crippen molar-refractivity contribution in [3.8, 4) is 28.3 Å². The van der Waals surface area contributed by atoms with Gasteiger partial charge in [-0.15, -0.1) is 0 Å². The van der Waals surface area contributed by atoms with Crippen molar-refractivity contribution in [2.45, 2.75) is 6.92 Å². The van der Waals surface area contributed by atoms with Gasteiger partial charge in [0.2, 0.25) is 0 Å². The molecule has 0 fully saturated rings. The molecule has 0 radical (unpaired) electrons. The maximum Gasteiger partial charge on any atom is 0.340 e. The number of aromatic nitrogens is 1. The minimum absolute atomic E-state index is 0.295. The van der Waals surface area contributed by atoms with Gasteiger partial charge in [-0.2, -0.15) is 0 Å². The van der Waals surface area contributed by atoms with Crippen LogP contribution in [-0.2, 0) is 4.74 Å². The summed E-state index contributed by atoms with van der Waals surface area (Å²) in [5.41, 5.74) is 10.9. The summed E-state index contributed by atoms with van der Waals surface area (Å²) in [6.07, 6.45) is 0. The van der Waals surface area contributed by atoms with Crippen LogP contribution in [-0.4, -0.2) is 25.2 Å². The van der Waals surface area contributed by atoms with Gasteiger partial charge in [-0.3, -0.25) is 0 Å². The fraction of sp³-hybridized carbons (Fsp3) is 0.143. The van der Waals surface area contributed by atoms with Crippen molar-refractivity contribution in [2.24, 2.45) is 0 Å².